The molecule has 1 saturated heterocycles. The number of nitriles is 1. The summed E-state index contributed by atoms with van der Waals surface area (Å²) in [7, 11) is 0. The number of halogens is 4. The van der Waals surface area contributed by atoms with Crippen molar-refractivity contribution < 1.29 is 8.78 Å². The van der Waals surface area contributed by atoms with Gasteiger partial charge in [0.1, 0.15) is 11.8 Å². The number of fused-ring (bicyclic) bond motifs is 1. The molecule has 0 spiro atoms. The first kappa shape index (κ1) is 32.6. The number of nitrogens with one attached hydrogen (secondary N) is 2. The molecule has 0 bridgehead atoms. The lowest BCUT2D eigenvalue weighted by Gasteiger charge is -2.40. The zero-order valence-corrected chi connectivity index (χ0v) is 27.7. The third-order valence-electron chi connectivity index (χ3n) is 8.58. The van der Waals surface area contributed by atoms with Gasteiger partial charge in [0.2, 0.25) is 0 Å². The van der Waals surface area contributed by atoms with Crippen LogP contribution in [0.15, 0.2) is 73.1 Å². The summed E-state index contributed by atoms with van der Waals surface area (Å²) in [5, 5.41) is 27.3. The number of anilines is 3. The maximum atomic E-state index is 13.4. The number of aromatic nitrogens is 4. The van der Waals surface area contributed by atoms with Crippen LogP contribution in [-0.4, -0.2) is 43.5 Å². The third kappa shape index (κ3) is 7.18. The minimum Gasteiger partial charge on any atom is -0.373 e. The largest absolute Gasteiger partial charge is 0.373 e. The van der Waals surface area contributed by atoms with E-state index in [0.717, 1.165) is 31.5 Å². The van der Waals surface area contributed by atoms with E-state index in [1.54, 1.807) is 12.1 Å². The van der Waals surface area contributed by atoms with E-state index in [0.29, 0.717) is 43.7 Å². The molecule has 1 fully saturated rings. The zero-order valence-electron chi connectivity index (χ0n) is 26.2. The summed E-state index contributed by atoms with van der Waals surface area (Å²) in [6, 6.07) is 19.0. The van der Waals surface area contributed by atoms with Crippen LogP contribution in [0, 0.1) is 11.3 Å². The second kappa shape index (κ2) is 13.4. The normalized spacial score (nSPS) is 15.1. The Kier molecular flexibility index (Phi) is 9.33. The van der Waals surface area contributed by atoms with E-state index in [9.17, 15) is 14.0 Å². The highest BCUT2D eigenvalue weighted by Crippen LogP contribution is 2.37. The number of alkyl halides is 2. The van der Waals surface area contributed by atoms with Crippen molar-refractivity contribution in [2.45, 2.75) is 57.7 Å². The molecule has 1 atom stereocenters. The first-order valence-electron chi connectivity index (χ1n) is 15.4. The summed E-state index contributed by atoms with van der Waals surface area (Å²) in [4.78, 5) is 6.93. The highest BCUT2D eigenvalue weighted by atomic mass is 35.5. The molecule has 0 aliphatic carbocycles. The van der Waals surface area contributed by atoms with Crippen molar-refractivity contribution in [1.29, 1.82) is 5.26 Å². The molecule has 1 aliphatic heterocycles. The number of piperidine rings is 1. The van der Waals surface area contributed by atoms with Crippen LogP contribution in [-0.2, 0) is 0 Å². The van der Waals surface area contributed by atoms with Gasteiger partial charge in [-0.15, -0.1) is 5.10 Å². The van der Waals surface area contributed by atoms with Crippen LogP contribution in [0.25, 0.3) is 10.9 Å². The molecular weight excluding hydrogens is 641 g/mol. The SMILES string of the molecule is CC(C)(C)N1CCC(n2cc(C(Nc3cc(Cl)c4ncc(C#N)c(Nc5cccc(C(F)F)c5)c4c3)c3ccc(Cl)cc3)nn2)CC1. The Morgan fingerprint density at radius 1 is 0.979 bits per heavy atom. The molecule has 0 amide bonds. The number of rotatable bonds is 8. The quantitative estimate of drug-likeness (QED) is 0.169. The lowest BCUT2D eigenvalue weighted by Crippen LogP contribution is -2.46. The fourth-order valence-electron chi connectivity index (χ4n) is 6.01. The molecule has 5 aromatic rings. The Balaban J connectivity index is 1.36. The second-order valence-electron chi connectivity index (χ2n) is 12.7. The smallest absolute Gasteiger partial charge is 0.263 e. The predicted molar refractivity (Wildman–Crippen MR) is 183 cm³/mol. The highest BCUT2D eigenvalue weighted by Gasteiger charge is 2.29. The number of hydrogen-bond acceptors (Lipinski definition) is 7. The van der Waals surface area contributed by atoms with Crippen molar-refractivity contribution in [2.24, 2.45) is 0 Å². The molecule has 1 unspecified atom stereocenters. The third-order valence-corrected chi connectivity index (χ3v) is 9.12. The van der Waals surface area contributed by atoms with Gasteiger partial charge in [0.15, 0.2) is 0 Å². The van der Waals surface area contributed by atoms with Crippen LogP contribution in [0.3, 0.4) is 0 Å². The van der Waals surface area contributed by atoms with Gasteiger partial charge in [-0.2, -0.15) is 5.26 Å². The standard InChI is InChI=1S/C35H34Cl2F2N8/c1-35(2,3)46-13-11-27(12-14-46)47-20-30(44-45-47)32(21-7-9-24(36)10-8-21)43-26-16-28-31(23(18-40)19-41-33(28)29(37)17-26)42-25-6-4-5-22(15-25)34(38)39/h4-10,15-17,19-20,27,32,34,43H,11-14H2,1-3H3,(H,41,42). The van der Waals surface area contributed by atoms with Gasteiger partial charge in [-0.3, -0.25) is 9.88 Å². The Morgan fingerprint density at radius 2 is 1.72 bits per heavy atom. The van der Waals surface area contributed by atoms with Crippen molar-refractivity contribution in [3.8, 4) is 6.07 Å². The Hall–Kier alpha value is -4.30. The average Bonchev–Trinajstić information content (AvgIpc) is 3.54. The maximum absolute atomic E-state index is 13.4. The molecule has 242 valence electrons. The van der Waals surface area contributed by atoms with Crippen molar-refractivity contribution in [1.82, 2.24) is 24.9 Å². The van der Waals surface area contributed by atoms with Gasteiger partial charge in [0.25, 0.3) is 6.43 Å². The van der Waals surface area contributed by atoms with E-state index in [1.807, 2.05) is 41.2 Å². The van der Waals surface area contributed by atoms with E-state index in [4.69, 9.17) is 23.2 Å². The van der Waals surface area contributed by atoms with Gasteiger partial charge in [-0.25, -0.2) is 13.5 Å². The van der Waals surface area contributed by atoms with Gasteiger partial charge in [-0.1, -0.05) is 52.7 Å². The zero-order chi connectivity index (χ0) is 33.3. The molecule has 3 aromatic carbocycles. The number of nitrogens with zero attached hydrogens (tertiary/aromatic N) is 6. The van der Waals surface area contributed by atoms with Gasteiger partial charge in [0, 0.05) is 52.2 Å². The highest BCUT2D eigenvalue weighted by molar-refractivity contribution is 6.36. The summed E-state index contributed by atoms with van der Waals surface area (Å²) in [6.45, 7) is 8.69. The number of pyridine rings is 1. The predicted octanol–water partition coefficient (Wildman–Crippen LogP) is 9.32. The molecule has 8 nitrogen and oxygen atoms in total. The Morgan fingerprint density at radius 3 is 2.40 bits per heavy atom. The van der Waals surface area contributed by atoms with Gasteiger partial charge in [-0.05, 0) is 75.6 Å². The van der Waals surface area contributed by atoms with Crippen molar-refractivity contribution in [3.63, 3.8) is 0 Å². The summed E-state index contributed by atoms with van der Waals surface area (Å²) in [5.74, 6) is 0. The molecule has 1 aliphatic rings. The first-order chi connectivity index (χ1) is 22.5. The first-order valence-corrected chi connectivity index (χ1v) is 16.1. The van der Waals surface area contributed by atoms with Crippen LogP contribution < -0.4 is 10.6 Å². The van der Waals surface area contributed by atoms with Crippen LogP contribution >= 0.6 is 23.2 Å². The lowest BCUT2D eigenvalue weighted by molar-refractivity contribution is 0.0866. The van der Waals surface area contributed by atoms with E-state index in [-0.39, 0.29) is 22.7 Å². The molecule has 0 saturated carbocycles. The second-order valence-corrected chi connectivity index (χ2v) is 13.5. The Bertz CT molecular complexity index is 1920. The summed E-state index contributed by atoms with van der Waals surface area (Å²) in [6.07, 6.45) is 2.73. The minimum atomic E-state index is -2.63. The van der Waals surface area contributed by atoms with Gasteiger partial charge >= 0.3 is 0 Å². The van der Waals surface area contributed by atoms with E-state index < -0.39 is 12.5 Å². The molecule has 12 heteroatoms. The molecular formula is C35H34Cl2F2N8. The number of hydrogen-bond donors (Lipinski definition) is 2. The summed E-state index contributed by atoms with van der Waals surface area (Å²) >= 11 is 13.0. The van der Waals surface area contributed by atoms with E-state index in [1.165, 1.54) is 24.4 Å². The van der Waals surface area contributed by atoms with E-state index in [2.05, 4.69) is 57.7 Å². The molecule has 6 rings (SSSR count). The van der Waals surface area contributed by atoms with Gasteiger partial charge < -0.3 is 10.6 Å². The lowest BCUT2D eigenvalue weighted by atomic mass is 9.98. The van der Waals surface area contributed by atoms with Crippen LogP contribution in [0.4, 0.5) is 25.8 Å². The molecule has 2 N–H and O–H groups in total. The molecule has 0 radical (unpaired) electrons. The van der Waals surface area contributed by atoms with Crippen molar-refractivity contribution in [2.75, 3.05) is 23.7 Å². The molecule has 3 heterocycles. The van der Waals surface area contributed by atoms with Crippen LogP contribution in [0.2, 0.25) is 10.0 Å². The summed E-state index contributed by atoms with van der Waals surface area (Å²) in [5.41, 5.74) is 3.76. The van der Waals surface area contributed by atoms with E-state index >= 15 is 0 Å². The van der Waals surface area contributed by atoms with Crippen molar-refractivity contribution >= 4 is 51.2 Å². The average molecular weight is 676 g/mol. The van der Waals surface area contributed by atoms with Crippen LogP contribution in [0.5, 0.6) is 0 Å². The molecule has 47 heavy (non-hydrogen) atoms. The Labute approximate surface area is 282 Å². The minimum absolute atomic E-state index is 0.123. The maximum Gasteiger partial charge on any atom is 0.263 e. The monoisotopic (exact) mass is 674 g/mol. The number of benzene rings is 3. The van der Waals surface area contributed by atoms with Gasteiger partial charge in [0.05, 0.1) is 40.1 Å². The topological polar surface area (TPSA) is 94.7 Å². The summed E-state index contributed by atoms with van der Waals surface area (Å²) < 4.78 is 28.8. The van der Waals surface area contributed by atoms with Crippen LogP contribution in [0.1, 0.15) is 74.5 Å². The molecule has 2 aromatic heterocycles. The van der Waals surface area contributed by atoms with Crippen molar-refractivity contribution in [3.05, 3.63) is 105 Å². The fraction of sp³-hybridized carbons (Fsp3) is 0.314. The fourth-order valence-corrected chi connectivity index (χ4v) is 6.41. The number of likely N-dealkylation sites (tertiary alicyclic amines) is 1.